The van der Waals surface area contributed by atoms with Gasteiger partial charge in [0.15, 0.2) is 0 Å². The lowest BCUT2D eigenvalue weighted by Crippen LogP contribution is -2.15. The summed E-state index contributed by atoms with van der Waals surface area (Å²) >= 11 is 9.78. The van der Waals surface area contributed by atoms with Gasteiger partial charge in [-0.25, -0.2) is 0 Å². The Morgan fingerprint density at radius 2 is 2.16 bits per heavy atom. The number of halogens is 2. The van der Waals surface area contributed by atoms with Gasteiger partial charge in [0.25, 0.3) is 0 Å². The molecule has 3 nitrogen and oxygen atoms in total. The monoisotopic (exact) mass is 341 g/mol. The molecule has 0 spiro atoms. The van der Waals surface area contributed by atoms with Crippen LogP contribution in [0.4, 0.5) is 0 Å². The van der Waals surface area contributed by atoms with E-state index in [-0.39, 0.29) is 0 Å². The van der Waals surface area contributed by atoms with E-state index in [4.69, 9.17) is 11.6 Å². The van der Waals surface area contributed by atoms with Crippen LogP contribution < -0.4 is 5.32 Å². The summed E-state index contributed by atoms with van der Waals surface area (Å²) in [6.07, 6.45) is 0.859. The summed E-state index contributed by atoms with van der Waals surface area (Å²) in [7, 11) is 1.93. The van der Waals surface area contributed by atoms with Crippen molar-refractivity contribution < 1.29 is 0 Å². The van der Waals surface area contributed by atoms with Crippen LogP contribution in [0, 0.1) is 0 Å². The topological polar surface area (TPSA) is 29.9 Å². The first-order valence-corrected chi connectivity index (χ1v) is 7.44. The molecule has 19 heavy (non-hydrogen) atoms. The SMILES string of the molecule is CCc1nn(C)c(CNCc2cccc(Br)c2)c1Cl. The van der Waals surface area contributed by atoms with Gasteiger partial charge < -0.3 is 5.32 Å². The summed E-state index contributed by atoms with van der Waals surface area (Å²) in [6.45, 7) is 3.59. The van der Waals surface area contributed by atoms with Crippen LogP contribution in [0.25, 0.3) is 0 Å². The van der Waals surface area contributed by atoms with E-state index in [1.807, 2.05) is 23.9 Å². The van der Waals surface area contributed by atoms with Crippen LogP contribution in [-0.4, -0.2) is 9.78 Å². The first kappa shape index (κ1) is 14.6. The predicted octanol–water partition coefficient (Wildman–Crippen LogP) is 3.69. The van der Waals surface area contributed by atoms with Crippen LogP contribution in [0.15, 0.2) is 28.7 Å². The zero-order valence-corrected chi connectivity index (χ0v) is 13.4. The van der Waals surface area contributed by atoms with E-state index in [1.165, 1.54) is 5.56 Å². The van der Waals surface area contributed by atoms with E-state index in [2.05, 4.69) is 45.4 Å². The number of nitrogens with one attached hydrogen (secondary N) is 1. The fourth-order valence-electron chi connectivity index (χ4n) is 1.98. The Balaban J connectivity index is 1.98. The Labute approximate surface area is 127 Å². The largest absolute Gasteiger partial charge is 0.307 e. The molecule has 1 aromatic carbocycles. The Morgan fingerprint density at radius 3 is 2.79 bits per heavy atom. The summed E-state index contributed by atoms with van der Waals surface area (Å²) in [5, 5.41) is 8.59. The minimum Gasteiger partial charge on any atom is -0.307 e. The predicted molar refractivity (Wildman–Crippen MR) is 82.3 cm³/mol. The Hall–Kier alpha value is -0.840. The molecule has 0 radical (unpaired) electrons. The van der Waals surface area contributed by atoms with E-state index in [1.54, 1.807) is 0 Å². The fourth-order valence-corrected chi connectivity index (χ4v) is 2.79. The van der Waals surface area contributed by atoms with E-state index in [0.29, 0.717) is 0 Å². The number of hydrogen-bond donors (Lipinski definition) is 1. The van der Waals surface area contributed by atoms with Crippen LogP contribution >= 0.6 is 27.5 Å². The summed E-state index contributed by atoms with van der Waals surface area (Å²) in [4.78, 5) is 0. The fraction of sp³-hybridized carbons (Fsp3) is 0.357. The molecule has 0 atom stereocenters. The molecule has 2 rings (SSSR count). The molecule has 0 aliphatic carbocycles. The molecule has 2 aromatic rings. The maximum Gasteiger partial charge on any atom is 0.0863 e. The lowest BCUT2D eigenvalue weighted by Gasteiger charge is -2.06. The standard InChI is InChI=1S/C14H17BrClN3/c1-3-12-14(16)13(19(2)18-12)9-17-8-10-5-4-6-11(15)7-10/h4-7,17H,3,8-9H2,1-2H3. The summed E-state index contributed by atoms with van der Waals surface area (Å²) in [5.41, 5.74) is 3.24. The van der Waals surface area contributed by atoms with Crippen molar-refractivity contribution in [2.24, 2.45) is 7.05 Å². The molecular weight excluding hydrogens is 326 g/mol. The summed E-state index contributed by atoms with van der Waals surface area (Å²) < 4.78 is 2.95. The highest BCUT2D eigenvalue weighted by Crippen LogP contribution is 2.20. The highest BCUT2D eigenvalue weighted by molar-refractivity contribution is 9.10. The maximum atomic E-state index is 6.31. The number of aromatic nitrogens is 2. The summed E-state index contributed by atoms with van der Waals surface area (Å²) in [5.74, 6) is 0. The van der Waals surface area contributed by atoms with Gasteiger partial charge >= 0.3 is 0 Å². The highest BCUT2D eigenvalue weighted by atomic mass is 79.9. The van der Waals surface area contributed by atoms with Gasteiger partial charge in [-0.2, -0.15) is 5.10 Å². The van der Waals surface area contributed by atoms with E-state index < -0.39 is 0 Å². The molecule has 102 valence electrons. The van der Waals surface area contributed by atoms with Crippen molar-refractivity contribution in [1.29, 1.82) is 0 Å². The van der Waals surface area contributed by atoms with Gasteiger partial charge in [-0.1, -0.05) is 46.6 Å². The Kier molecular flexibility index (Phi) is 5.02. The van der Waals surface area contributed by atoms with Gasteiger partial charge in [-0.15, -0.1) is 0 Å². The molecule has 5 heteroatoms. The third-order valence-electron chi connectivity index (χ3n) is 3.01. The summed E-state index contributed by atoms with van der Waals surface area (Å²) in [6, 6.07) is 8.26. The molecule has 0 bridgehead atoms. The second-order valence-corrected chi connectivity index (χ2v) is 5.71. The number of aryl methyl sites for hydroxylation is 2. The van der Waals surface area contributed by atoms with Crippen molar-refractivity contribution in [2.75, 3.05) is 0 Å². The quantitative estimate of drug-likeness (QED) is 0.898. The van der Waals surface area contributed by atoms with Crippen molar-refractivity contribution in [2.45, 2.75) is 26.4 Å². The molecule has 0 unspecified atom stereocenters. The van der Waals surface area contributed by atoms with Crippen molar-refractivity contribution in [3.63, 3.8) is 0 Å². The minimum absolute atomic E-state index is 0.717. The highest BCUT2D eigenvalue weighted by Gasteiger charge is 2.12. The lowest BCUT2D eigenvalue weighted by molar-refractivity contribution is 0.623. The van der Waals surface area contributed by atoms with Gasteiger partial charge in [0.05, 0.1) is 16.4 Å². The van der Waals surface area contributed by atoms with Crippen molar-refractivity contribution in [3.8, 4) is 0 Å². The van der Waals surface area contributed by atoms with Gasteiger partial charge in [0, 0.05) is 24.6 Å². The minimum atomic E-state index is 0.717. The molecule has 0 saturated heterocycles. The molecule has 0 saturated carbocycles. The Bertz CT molecular complexity index is 566. The average Bonchev–Trinajstić information content (AvgIpc) is 2.66. The Morgan fingerprint density at radius 1 is 1.37 bits per heavy atom. The van der Waals surface area contributed by atoms with Crippen LogP contribution in [-0.2, 0) is 26.6 Å². The van der Waals surface area contributed by atoms with Crippen LogP contribution in [0.2, 0.25) is 5.02 Å². The molecule has 0 amide bonds. The molecule has 1 aromatic heterocycles. The van der Waals surface area contributed by atoms with E-state index in [9.17, 15) is 0 Å². The van der Waals surface area contributed by atoms with E-state index in [0.717, 1.165) is 40.4 Å². The zero-order valence-electron chi connectivity index (χ0n) is 11.1. The molecule has 1 N–H and O–H groups in total. The zero-order chi connectivity index (χ0) is 13.8. The van der Waals surface area contributed by atoms with Crippen LogP contribution in [0.1, 0.15) is 23.9 Å². The second-order valence-electron chi connectivity index (χ2n) is 4.42. The van der Waals surface area contributed by atoms with Crippen molar-refractivity contribution in [1.82, 2.24) is 15.1 Å². The lowest BCUT2D eigenvalue weighted by atomic mass is 10.2. The number of hydrogen-bond acceptors (Lipinski definition) is 2. The molecule has 0 fully saturated rings. The third-order valence-corrected chi connectivity index (χ3v) is 3.94. The molecule has 1 heterocycles. The number of benzene rings is 1. The average molecular weight is 343 g/mol. The maximum absolute atomic E-state index is 6.31. The number of rotatable bonds is 5. The first-order chi connectivity index (χ1) is 9.11. The second kappa shape index (κ2) is 6.55. The smallest absolute Gasteiger partial charge is 0.0863 e. The molecule has 0 aliphatic heterocycles. The van der Waals surface area contributed by atoms with Crippen molar-refractivity contribution in [3.05, 3.63) is 50.7 Å². The third kappa shape index (κ3) is 3.59. The van der Waals surface area contributed by atoms with E-state index >= 15 is 0 Å². The van der Waals surface area contributed by atoms with Crippen LogP contribution in [0.5, 0.6) is 0 Å². The first-order valence-electron chi connectivity index (χ1n) is 6.27. The van der Waals surface area contributed by atoms with Gasteiger partial charge in [-0.05, 0) is 24.1 Å². The van der Waals surface area contributed by atoms with Gasteiger partial charge in [0.1, 0.15) is 0 Å². The molecule has 0 aliphatic rings. The van der Waals surface area contributed by atoms with Crippen molar-refractivity contribution >= 4 is 27.5 Å². The normalized spacial score (nSPS) is 10.9. The van der Waals surface area contributed by atoms with Gasteiger partial charge in [0.2, 0.25) is 0 Å². The molecular formula is C14H17BrClN3. The van der Waals surface area contributed by atoms with Gasteiger partial charge in [-0.3, -0.25) is 4.68 Å². The van der Waals surface area contributed by atoms with Crippen LogP contribution in [0.3, 0.4) is 0 Å². The number of nitrogens with zero attached hydrogens (tertiary/aromatic N) is 2.